The lowest BCUT2D eigenvalue weighted by atomic mass is 10.4. The van der Waals surface area contributed by atoms with Crippen LogP contribution in [0, 0.1) is 0 Å². The van der Waals surface area contributed by atoms with E-state index in [-0.39, 0.29) is 16.3 Å². The molecule has 1 atom stereocenters. The van der Waals surface area contributed by atoms with Crippen molar-refractivity contribution in [3.63, 3.8) is 0 Å². The smallest absolute Gasteiger partial charge is 0.228 e. The van der Waals surface area contributed by atoms with E-state index in [0.29, 0.717) is 23.8 Å². The zero-order valence-electron chi connectivity index (χ0n) is 9.52. The Morgan fingerprint density at radius 2 is 2.39 bits per heavy atom. The van der Waals surface area contributed by atoms with Crippen LogP contribution < -0.4 is 4.90 Å². The summed E-state index contributed by atoms with van der Waals surface area (Å²) in [4.78, 5) is 28.6. The van der Waals surface area contributed by atoms with Crippen LogP contribution >= 0.6 is 39.3 Å². The molecule has 2 heterocycles. The Bertz CT molecular complexity index is 512. The molecular formula is C11H10BrClN2O2S. The van der Waals surface area contributed by atoms with Crippen LogP contribution in [0.4, 0.5) is 5.69 Å². The summed E-state index contributed by atoms with van der Waals surface area (Å²) in [5, 5.41) is 0.304. The van der Waals surface area contributed by atoms with Crippen LogP contribution in [0.2, 0.25) is 5.15 Å². The number of anilines is 1. The number of aromatic nitrogens is 1. The van der Waals surface area contributed by atoms with E-state index in [0.717, 1.165) is 4.47 Å². The molecule has 0 aromatic carbocycles. The lowest BCUT2D eigenvalue weighted by Crippen LogP contribution is -2.25. The van der Waals surface area contributed by atoms with Crippen molar-refractivity contribution in [1.82, 2.24) is 4.98 Å². The Hall–Kier alpha value is -0.590. The van der Waals surface area contributed by atoms with Crippen LogP contribution in [0.15, 0.2) is 16.7 Å². The van der Waals surface area contributed by atoms with Gasteiger partial charge in [0.15, 0.2) is 10.3 Å². The maximum Gasteiger partial charge on any atom is 0.228 e. The van der Waals surface area contributed by atoms with Crippen molar-refractivity contribution < 1.29 is 9.59 Å². The first-order chi connectivity index (χ1) is 8.47. The van der Waals surface area contributed by atoms with E-state index >= 15 is 0 Å². The van der Waals surface area contributed by atoms with Crippen molar-refractivity contribution >= 4 is 56.0 Å². The largest absolute Gasteiger partial charge is 0.308 e. The van der Waals surface area contributed by atoms with E-state index in [2.05, 4.69) is 20.9 Å². The molecule has 1 aliphatic heterocycles. The van der Waals surface area contributed by atoms with Crippen LogP contribution in [-0.2, 0) is 9.59 Å². The molecule has 4 nitrogen and oxygen atoms in total. The third-order valence-electron chi connectivity index (χ3n) is 2.50. The fourth-order valence-corrected chi connectivity index (χ4v) is 3.27. The zero-order valence-corrected chi connectivity index (χ0v) is 12.7. The number of carbonyl (C=O) groups excluding carboxylic acids is 2. The van der Waals surface area contributed by atoms with Gasteiger partial charge in [0.05, 0.1) is 5.69 Å². The van der Waals surface area contributed by atoms with Crippen molar-refractivity contribution in [2.24, 2.45) is 0 Å². The van der Waals surface area contributed by atoms with Crippen molar-refractivity contribution in [2.75, 3.05) is 11.4 Å². The highest BCUT2D eigenvalue weighted by Crippen LogP contribution is 2.33. The molecule has 0 radical (unpaired) electrons. The number of halogens is 2. The maximum absolute atomic E-state index is 11.9. The van der Waals surface area contributed by atoms with Gasteiger partial charge < -0.3 is 4.90 Å². The van der Waals surface area contributed by atoms with Crippen molar-refractivity contribution in [1.29, 1.82) is 0 Å². The fraction of sp³-hybridized carbons (Fsp3) is 0.364. The van der Waals surface area contributed by atoms with Gasteiger partial charge in [0.1, 0.15) is 0 Å². The first-order valence-corrected chi connectivity index (χ1v) is 7.31. The quantitative estimate of drug-likeness (QED) is 0.770. The van der Waals surface area contributed by atoms with Gasteiger partial charge in [0.25, 0.3) is 0 Å². The Morgan fingerprint density at radius 1 is 1.67 bits per heavy atom. The number of pyridine rings is 1. The van der Waals surface area contributed by atoms with Crippen LogP contribution in [0.3, 0.4) is 0 Å². The highest BCUT2D eigenvalue weighted by atomic mass is 79.9. The molecular weight excluding hydrogens is 340 g/mol. The molecule has 1 aromatic rings. The molecule has 0 saturated carbocycles. The SMILES string of the molecule is CC(=O)SC1CC(=O)N(c2cc(Br)cnc2Cl)C1. The molecule has 1 saturated heterocycles. The highest BCUT2D eigenvalue weighted by molar-refractivity contribution is 9.10. The minimum atomic E-state index is -0.0319. The molecule has 96 valence electrons. The fourth-order valence-electron chi connectivity index (χ4n) is 1.82. The molecule has 0 bridgehead atoms. The Kier molecular flexibility index (Phi) is 4.29. The predicted molar refractivity (Wildman–Crippen MR) is 76.0 cm³/mol. The molecule has 1 amide bonds. The molecule has 1 aliphatic rings. The molecule has 18 heavy (non-hydrogen) atoms. The molecule has 7 heteroatoms. The number of amides is 1. The van der Waals surface area contributed by atoms with Crippen molar-refractivity contribution in [3.05, 3.63) is 21.9 Å². The van der Waals surface area contributed by atoms with E-state index in [9.17, 15) is 9.59 Å². The number of carbonyl (C=O) groups is 2. The summed E-state index contributed by atoms with van der Waals surface area (Å²) < 4.78 is 0.761. The van der Waals surface area contributed by atoms with Gasteiger partial charge in [-0.05, 0) is 22.0 Å². The summed E-state index contributed by atoms with van der Waals surface area (Å²) >= 11 is 10.5. The second-order valence-electron chi connectivity index (χ2n) is 3.90. The summed E-state index contributed by atoms with van der Waals surface area (Å²) in [5.74, 6) is -0.0319. The van der Waals surface area contributed by atoms with Crippen LogP contribution in [0.5, 0.6) is 0 Å². The Labute approximate surface area is 122 Å². The first kappa shape index (κ1) is 13.8. The maximum atomic E-state index is 11.9. The van der Waals surface area contributed by atoms with Crippen molar-refractivity contribution in [2.45, 2.75) is 18.6 Å². The minimum Gasteiger partial charge on any atom is -0.308 e. The molecule has 1 unspecified atom stereocenters. The van der Waals surface area contributed by atoms with Gasteiger partial charge in [0.2, 0.25) is 5.91 Å². The number of rotatable bonds is 2. The third kappa shape index (κ3) is 3.05. The van der Waals surface area contributed by atoms with E-state index < -0.39 is 0 Å². The van der Waals surface area contributed by atoms with Gasteiger partial charge in [-0.3, -0.25) is 9.59 Å². The van der Waals surface area contributed by atoms with E-state index in [4.69, 9.17) is 11.6 Å². The number of thioether (sulfide) groups is 1. The number of nitrogens with zero attached hydrogens (tertiary/aromatic N) is 2. The molecule has 0 spiro atoms. The zero-order chi connectivity index (χ0) is 13.3. The first-order valence-electron chi connectivity index (χ1n) is 5.26. The van der Waals surface area contributed by atoms with Gasteiger partial charge >= 0.3 is 0 Å². The Balaban J connectivity index is 2.21. The predicted octanol–water partition coefficient (Wildman–Crippen LogP) is 2.88. The molecule has 0 N–H and O–H groups in total. The average molecular weight is 350 g/mol. The minimum absolute atomic E-state index is 0.00921. The number of hydrogen-bond donors (Lipinski definition) is 0. The van der Waals surface area contributed by atoms with E-state index in [1.54, 1.807) is 17.2 Å². The summed E-state index contributed by atoms with van der Waals surface area (Å²) in [6.07, 6.45) is 1.93. The normalized spacial score (nSPS) is 19.4. The summed E-state index contributed by atoms with van der Waals surface area (Å²) in [6, 6.07) is 1.76. The third-order valence-corrected chi connectivity index (χ3v) is 4.21. The van der Waals surface area contributed by atoms with Gasteiger partial charge in [-0.1, -0.05) is 23.4 Å². The second kappa shape index (κ2) is 5.59. The van der Waals surface area contributed by atoms with Crippen molar-refractivity contribution in [3.8, 4) is 0 Å². The summed E-state index contributed by atoms with van der Waals surface area (Å²) in [7, 11) is 0. The second-order valence-corrected chi connectivity index (χ2v) is 6.65. The van der Waals surface area contributed by atoms with Gasteiger partial charge in [0, 0.05) is 35.8 Å². The molecule has 2 rings (SSSR count). The Morgan fingerprint density at radius 3 is 3.06 bits per heavy atom. The average Bonchev–Trinajstić information content (AvgIpc) is 2.62. The monoisotopic (exact) mass is 348 g/mol. The van der Waals surface area contributed by atoms with Gasteiger partial charge in [-0.15, -0.1) is 0 Å². The van der Waals surface area contributed by atoms with Crippen LogP contribution in [0.25, 0.3) is 0 Å². The molecule has 1 fully saturated rings. The van der Waals surface area contributed by atoms with E-state index in [1.807, 2.05) is 0 Å². The molecule has 1 aromatic heterocycles. The van der Waals surface area contributed by atoms with E-state index in [1.165, 1.54) is 18.7 Å². The molecule has 0 aliphatic carbocycles. The highest BCUT2D eigenvalue weighted by Gasteiger charge is 2.33. The lowest BCUT2D eigenvalue weighted by molar-refractivity contribution is -0.117. The van der Waals surface area contributed by atoms with Crippen LogP contribution in [-0.4, -0.2) is 27.8 Å². The summed E-state index contributed by atoms with van der Waals surface area (Å²) in [6.45, 7) is 1.99. The number of hydrogen-bond acceptors (Lipinski definition) is 4. The standard InChI is InChI=1S/C11H10BrClN2O2S/c1-6(16)18-8-3-10(17)15(5-8)9-2-7(12)4-14-11(9)13/h2,4,8H,3,5H2,1H3. The topological polar surface area (TPSA) is 50.3 Å². The summed E-state index contributed by atoms with van der Waals surface area (Å²) in [5.41, 5.74) is 0.586. The lowest BCUT2D eigenvalue weighted by Gasteiger charge is -2.17. The van der Waals surface area contributed by atoms with Gasteiger partial charge in [-0.25, -0.2) is 4.98 Å². The van der Waals surface area contributed by atoms with Gasteiger partial charge in [-0.2, -0.15) is 0 Å². The van der Waals surface area contributed by atoms with Crippen LogP contribution in [0.1, 0.15) is 13.3 Å².